The molecule has 1 amide bonds. The molecule has 1 saturated heterocycles. The number of aliphatic carboxylic acids is 1. The molecule has 0 bridgehead atoms. The van der Waals surface area contributed by atoms with Crippen LogP contribution in [-0.2, 0) is 25.7 Å². The summed E-state index contributed by atoms with van der Waals surface area (Å²) >= 11 is 0. The molecule has 1 aliphatic rings. The number of nitrogens with zero attached hydrogens (tertiary/aromatic N) is 1. The predicted molar refractivity (Wildman–Crippen MR) is 122 cm³/mol. The van der Waals surface area contributed by atoms with Gasteiger partial charge in [0.15, 0.2) is 0 Å². The largest absolute Gasteiger partial charge is 0.480 e. The molecule has 32 heavy (non-hydrogen) atoms. The number of halogens is 2. The van der Waals surface area contributed by atoms with Gasteiger partial charge in [-0.2, -0.15) is 0 Å². The summed E-state index contributed by atoms with van der Waals surface area (Å²) in [6.45, 7) is -0.0164. The first kappa shape index (κ1) is 30.1. The second-order valence-corrected chi connectivity index (χ2v) is 7.77. The van der Waals surface area contributed by atoms with Gasteiger partial charge in [0.1, 0.15) is 12.1 Å². The van der Waals surface area contributed by atoms with Crippen molar-refractivity contribution in [1.29, 1.82) is 0 Å². The molecule has 2 rings (SSSR count). The first-order valence-corrected chi connectivity index (χ1v) is 9.73. The third-order valence-corrected chi connectivity index (χ3v) is 5.12. The second kappa shape index (κ2) is 13.6. The molecule has 10 nitrogen and oxygen atoms in total. The number of carboxylic acid groups (broad SMARTS) is 1. The van der Waals surface area contributed by atoms with Crippen molar-refractivity contribution in [2.75, 3.05) is 13.1 Å². The zero-order valence-electron chi connectivity index (χ0n) is 17.5. The Morgan fingerprint density at radius 3 is 2.41 bits per heavy atom. The fraction of sp³-hybridized carbons (Fsp3) is 0.526. The van der Waals surface area contributed by atoms with Crippen molar-refractivity contribution in [2.24, 2.45) is 17.4 Å². The van der Waals surface area contributed by atoms with Crippen LogP contribution < -0.4 is 11.5 Å². The predicted octanol–water partition coefficient (Wildman–Crippen LogP) is -0.216. The number of hydrogen-bond acceptors (Lipinski definition) is 8. The molecule has 7 N–H and O–H groups in total. The van der Waals surface area contributed by atoms with Gasteiger partial charge < -0.3 is 36.3 Å². The molecule has 1 fully saturated rings. The van der Waals surface area contributed by atoms with Crippen LogP contribution >= 0.6 is 24.8 Å². The molecule has 1 heterocycles. The fourth-order valence-electron chi connectivity index (χ4n) is 3.56. The number of carbonyl (C=O) groups excluding carboxylic acids is 2. The standard InChI is InChI=1S/C19H28BN3O7.2ClH/c21-15(8-16(24)30-11-13-4-2-1-3-5-13)17(25)23-10-14(6-7-20(28)29)9-19(22,12-23)18(26)27;;/h1-5,14-15,28-29H,6-12,21-22H2,(H,26,27);2*1H/t14-,15-,19+;;/m0../s1. The Kier molecular flexibility index (Phi) is 12.8. The van der Waals surface area contributed by atoms with Gasteiger partial charge in [-0.3, -0.25) is 14.4 Å². The van der Waals surface area contributed by atoms with E-state index < -0.39 is 36.5 Å². The number of rotatable bonds is 9. The Bertz CT molecular complexity index is 760. The van der Waals surface area contributed by atoms with E-state index in [4.69, 9.17) is 26.3 Å². The van der Waals surface area contributed by atoms with E-state index in [0.29, 0.717) is 0 Å². The van der Waals surface area contributed by atoms with Gasteiger partial charge in [0, 0.05) is 13.1 Å². The molecule has 0 saturated carbocycles. The van der Waals surface area contributed by atoms with Gasteiger partial charge in [-0.25, -0.2) is 0 Å². The minimum absolute atomic E-state index is 0. The lowest BCUT2D eigenvalue weighted by Gasteiger charge is -2.42. The van der Waals surface area contributed by atoms with Crippen LogP contribution in [0.5, 0.6) is 0 Å². The normalized spacial score (nSPS) is 20.9. The van der Waals surface area contributed by atoms with Crippen LogP contribution in [0.1, 0.15) is 24.8 Å². The average molecular weight is 494 g/mol. The highest BCUT2D eigenvalue weighted by atomic mass is 35.5. The first-order valence-electron chi connectivity index (χ1n) is 9.73. The van der Waals surface area contributed by atoms with Crippen LogP contribution in [0.3, 0.4) is 0 Å². The van der Waals surface area contributed by atoms with Crippen LogP contribution in [0.15, 0.2) is 30.3 Å². The zero-order chi connectivity index (χ0) is 22.3. The summed E-state index contributed by atoms with van der Waals surface area (Å²) in [6, 6.07) is 7.84. The molecule has 1 aromatic carbocycles. The lowest BCUT2D eigenvalue weighted by atomic mass is 9.75. The minimum Gasteiger partial charge on any atom is -0.480 e. The van der Waals surface area contributed by atoms with Crippen molar-refractivity contribution in [3.8, 4) is 0 Å². The maximum atomic E-state index is 12.7. The highest BCUT2D eigenvalue weighted by Gasteiger charge is 2.45. The van der Waals surface area contributed by atoms with Crippen LogP contribution in [0, 0.1) is 5.92 Å². The van der Waals surface area contributed by atoms with E-state index in [1.54, 1.807) is 12.1 Å². The number of carbonyl (C=O) groups is 3. The third kappa shape index (κ3) is 8.93. The molecule has 180 valence electrons. The Morgan fingerprint density at radius 1 is 1.22 bits per heavy atom. The van der Waals surface area contributed by atoms with E-state index >= 15 is 0 Å². The van der Waals surface area contributed by atoms with Gasteiger partial charge in [-0.15, -0.1) is 24.8 Å². The lowest BCUT2D eigenvalue weighted by molar-refractivity contribution is -0.152. The molecular formula is C19H30BCl2N3O7. The summed E-state index contributed by atoms with van der Waals surface area (Å²) < 4.78 is 5.14. The summed E-state index contributed by atoms with van der Waals surface area (Å²) in [6.07, 6.45) is 0.0440. The van der Waals surface area contributed by atoms with Crippen molar-refractivity contribution in [3.63, 3.8) is 0 Å². The molecule has 1 aromatic rings. The van der Waals surface area contributed by atoms with Crippen molar-refractivity contribution < 1.29 is 34.3 Å². The van der Waals surface area contributed by atoms with Gasteiger partial charge in [-0.05, 0) is 24.2 Å². The first-order chi connectivity index (χ1) is 14.1. The minimum atomic E-state index is -1.67. The van der Waals surface area contributed by atoms with Gasteiger partial charge in [0.25, 0.3) is 0 Å². The van der Waals surface area contributed by atoms with E-state index in [1.807, 2.05) is 18.2 Å². The summed E-state index contributed by atoms with van der Waals surface area (Å²) in [7, 11) is -1.53. The highest BCUT2D eigenvalue weighted by molar-refractivity contribution is 6.40. The summed E-state index contributed by atoms with van der Waals surface area (Å²) in [5, 5.41) is 27.6. The van der Waals surface area contributed by atoms with Crippen molar-refractivity contribution in [2.45, 2.75) is 43.8 Å². The molecule has 0 unspecified atom stereocenters. The maximum absolute atomic E-state index is 12.7. The Morgan fingerprint density at radius 2 is 1.84 bits per heavy atom. The van der Waals surface area contributed by atoms with E-state index in [-0.39, 0.29) is 76.0 Å². The number of likely N-dealkylation sites (tertiary alicyclic amines) is 1. The number of piperidine rings is 1. The quantitative estimate of drug-likeness (QED) is 0.230. The summed E-state index contributed by atoms with van der Waals surface area (Å²) in [4.78, 5) is 37.7. The van der Waals surface area contributed by atoms with Gasteiger partial charge in [-0.1, -0.05) is 36.8 Å². The van der Waals surface area contributed by atoms with Crippen LogP contribution in [-0.4, -0.2) is 69.7 Å². The van der Waals surface area contributed by atoms with Gasteiger partial charge >= 0.3 is 19.1 Å². The van der Waals surface area contributed by atoms with Gasteiger partial charge in [0.05, 0.1) is 12.5 Å². The topological polar surface area (TPSA) is 176 Å². The molecule has 13 heteroatoms. The van der Waals surface area contributed by atoms with Crippen molar-refractivity contribution >= 4 is 49.8 Å². The second-order valence-electron chi connectivity index (χ2n) is 7.77. The van der Waals surface area contributed by atoms with Crippen LogP contribution in [0.2, 0.25) is 6.32 Å². The van der Waals surface area contributed by atoms with E-state index in [0.717, 1.165) is 5.56 Å². The van der Waals surface area contributed by atoms with Crippen molar-refractivity contribution in [1.82, 2.24) is 4.90 Å². The van der Waals surface area contributed by atoms with Gasteiger partial charge in [0.2, 0.25) is 5.91 Å². The number of nitrogens with two attached hydrogens (primary N) is 2. The van der Waals surface area contributed by atoms with E-state index in [9.17, 15) is 19.5 Å². The Labute approximate surface area is 199 Å². The van der Waals surface area contributed by atoms with Crippen LogP contribution in [0.25, 0.3) is 0 Å². The maximum Gasteiger partial charge on any atom is 0.451 e. The molecule has 0 spiro atoms. The molecular weight excluding hydrogens is 464 g/mol. The average Bonchev–Trinajstić information content (AvgIpc) is 2.70. The number of hydrogen-bond donors (Lipinski definition) is 5. The molecule has 0 aromatic heterocycles. The monoisotopic (exact) mass is 493 g/mol. The third-order valence-electron chi connectivity index (χ3n) is 5.12. The van der Waals surface area contributed by atoms with Crippen molar-refractivity contribution in [3.05, 3.63) is 35.9 Å². The molecule has 3 atom stereocenters. The fourth-order valence-corrected chi connectivity index (χ4v) is 3.56. The zero-order valence-corrected chi connectivity index (χ0v) is 19.1. The smallest absolute Gasteiger partial charge is 0.451 e. The van der Waals surface area contributed by atoms with E-state index in [1.165, 1.54) is 4.90 Å². The Balaban J connectivity index is 0.00000480. The Hall–Kier alpha value is -1.89. The number of benzene rings is 1. The number of carboxylic acids is 1. The molecule has 0 aliphatic carbocycles. The summed E-state index contributed by atoms with van der Waals surface area (Å²) in [5.74, 6) is -2.85. The highest BCUT2D eigenvalue weighted by Crippen LogP contribution is 2.28. The number of esters is 1. The SMILES string of the molecule is Cl.Cl.N[C@@H](CC(=O)OCc1ccccc1)C(=O)N1C[C@@H](CCB(O)O)C[C@](N)(C(=O)O)C1. The summed E-state index contributed by atoms with van der Waals surface area (Å²) in [5.41, 5.74) is 11.0. The lowest BCUT2D eigenvalue weighted by Crippen LogP contribution is -2.64. The van der Waals surface area contributed by atoms with Crippen LogP contribution in [0.4, 0.5) is 0 Å². The number of amides is 1. The number of ether oxygens (including phenoxy) is 1. The molecule has 0 radical (unpaired) electrons. The van der Waals surface area contributed by atoms with E-state index in [2.05, 4.69) is 0 Å². The molecule has 1 aliphatic heterocycles.